The maximum Gasteiger partial charge on any atom is 0.237 e. The zero-order chi connectivity index (χ0) is 12.9. The molecule has 2 fully saturated rings. The SMILES string of the molecule is O=C1C2CCCC2C(=O)N1c1ccc(F)cc1I. The molecular formula is C13H11FINO2. The van der Waals surface area contributed by atoms with E-state index < -0.39 is 0 Å². The van der Waals surface area contributed by atoms with E-state index in [4.69, 9.17) is 0 Å². The van der Waals surface area contributed by atoms with Gasteiger partial charge >= 0.3 is 0 Å². The summed E-state index contributed by atoms with van der Waals surface area (Å²) in [7, 11) is 0. The van der Waals surface area contributed by atoms with Crippen molar-refractivity contribution < 1.29 is 14.0 Å². The first-order valence-corrected chi connectivity index (χ1v) is 7.00. The average Bonchev–Trinajstić information content (AvgIpc) is 2.87. The number of imide groups is 1. The number of hydrogen-bond acceptors (Lipinski definition) is 2. The maximum atomic E-state index is 13.1. The van der Waals surface area contributed by atoms with E-state index in [0.717, 1.165) is 19.3 Å². The molecule has 1 aliphatic heterocycles. The molecule has 94 valence electrons. The lowest BCUT2D eigenvalue weighted by molar-refractivity contribution is -0.122. The molecule has 1 aliphatic carbocycles. The van der Waals surface area contributed by atoms with Crippen LogP contribution in [0.15, 0.2) is 18.2 Å². The number of amides is 2. The Morgan fingerprint density at radius 3 is 2.33 bits per heavy atom. The Hall–Kier alpha value is -0.980. The highest BCUT2D eigenvalue weighted by Crippen LogP contribution is 2.42. The maximum absolute atomic E-state index is 13.1. The highest BCUT2D eigenvalue weighted by Gasteiger charge is 2.50. The van der Waals surface area contributed by atoms with Gasteiger partial charge in [0.1, 0.15) is 5.82 Å². The van der Waals surface area contributed by atoms with Gasteiger partial charge < -0.3 is 0 Å². The summed E-state index contributed by atoms with van der Waals surface area (Å²) in [5.41, 5.74) is 0.515. The first kappa shape index (κ1) is 12.1. The molecule has 1 aromatic rings. The van der Waals surface area contributed by atoms with E-state index in [-0.39, 0.29) is 29.5 Å². The molecule has 1 saturated carbocycles. The Labute approximate surface area is 117 Å². The van der Waals surface area contributed by atoms with Crippen LogP contribution < -0.4 is 4.90 Å². The molecule has 2 amide bonds. The summed E-state index contributed by atoms with van der Waals surface area (Å²) in [4.78, 5) is 25.7. The van der Waals surface area contributed by atoms with Crippen molar-refractivity contribution in [2.75, 3.05) is 4.90 Å². The van der Waals surface area contributed by atoms with Gasteiger partial charge in [-0.1, -0.05) is 6.42 Å². The number of rotatable bonds is 1. The van der Waals surface area contributed by atoms with Gasteiger partial charge in [-0.15, -0.1) is 0 Å². The zero-order valence-corrected chi connectivity index (χ0v) is 11.7. The summed E-state index contributed by atoms with van der Waals surface area (Å²) in [5, 5.41) is 0. The molecule has 0 bridgehead atoms. The monoisotopic (exact) mass is 359 g/mol. The summed E-state index contributed by atoms with van der Waals surface area (Å²) in [6, 6.07) is 4.13. The minimum absolute atomic E-state index is 0.118. The van der Waals surface area contributed by atoms with Crippen molar-refractivity contribution in [1.29, 1.82) is 0 Å². The minimum Gasteiger partial charge on any atom is -0.274 e. The normalized spacial score (nSPS) is 26.9. The van der Waals surface area contributed by atoms with Crippen LogP contribution >= 0.6 is 22.6 Å². The lowest BCUT2D eigenvalue weighted by Gasteiger charge is -2.17. The van der Waals surface area contributed by atoms with Crippen molar-refractivity contribution in [3.63, 3.8) is 0 Å². The molecule has 18 heavy (non-hydrogen) atoms. The van der Waals surface area contributed by atoms with Crippen molar-refractivity contribution in [3.8, 4) is 0 Å². The third kappa shape index (κ3) is 1.67. The van der Waals surface area contributed by atoms with Gasteiger partial charge in [-0.3, -0.25) is 9.59 Å². The van der Waals surface area contributed by atoms with Crippen molar-refractivity contribution in [2.45, 2.75) is 19.3 Å². The summed E-state index contributed by atoms with van der Waals surface area (Å²) < 4.78 is 13.7. The Bertz CT molecular complexity index is 524. The van der Waals surface area contributed by atoms with Gasteiger partial charge in [0.2, 0.25) is 11.8 Å². The third-order valence-electron chi connectivity index (χ3n) is 3.74. The molecule has 1 saturated heterocycles. The van der Waals surface area contributed by atoms with Crippen LogP contribution in [0.3, 0.4) is 0 Å². The van der Waals surface area contributed by atoms with Crippen LogP contribution in [0.2, 0.25) is 0 Å². The van der Waals surface area contributed by atoms with Crippen LogP contribution in [0.25, 0.3) is 0 Å². The Balaban J connectivity index is 2.02. The Kier molecular flexibility index (Phi) is 2.88. The number of fused-ring (bicyclic) bond motifs is 1. The Morgan fingerprint density at radius 2 is 1.78 bits per heavy atom. The topological polar surface area (TPSA) is 37.4 Å². The first-order chi connectivity index (χ1) is 8.59. The lowest BCUT2D eigenvalue weighted by Crippen LogP contribution is -2.32. The van der Waals surface area contributed by atoms with E-state index >= 15 is 0 Å². The number of nitrogens with zero attached hydrogens (tertiary/aromatic N) is 1. The van der Waals surface area contributed by atoms with Gasteiger partial charge in [0.05, 0.1) is 17.5 Å². The lowest BCUT2D eigenvalue weighted by atomic mass is 10.00. The molecule has 5 heteroatoms. The standard InChI is InChI=1S/C13H11FINO2/c14-7-4-5-11(10(15)6-7)16-12(17)8-2-1-3-9(8)13(16)18/h4-6,8-9H,1-3H2. The van der Waals surface area contributed by atoms with E-state index in [1.165, 1.54) is 23.1 Å². The molecule has 0 N–H and O–H groups in total. The van der Waals surface area contributed by atoms with Gasteiger partial charge in [-0.05, 0) is 53.6 Å². The van der Waals surface area contributed by atoms with Crippen molar-refractivity contribution in [3.05, 3.63) is 27.6 Å². The van der Waals surface area contributed by atoms with Crippen LogP contribution in [-0.4, -0.2) is 11.8 Å². The molecule has 2 atom stereocenters. The molecule has 0 radical (unpaired) electrons. The van der Waals surface area contributed by atoms with Gasteiger partial charge in [0.15, 0.2) is 0 Å². The van der Waals surface area contributed by atoms with E-state index in [9.17, 15) is 14.0 Å². The molecule has 1 aromatic carbocycles. The van der Waals surface area contributed by atoms with Crippen LogP contribution in [0.1, 0.15) is 19.3 Å². The molecule has 2 unspecified atom stereocenters. The zero-order valence-electron chi connectivity index (χ0n) is 9.53. The fraction of sp³-hybridized carbons (Fsp3) is 0.385. The highest BCUT2D eigenvalue weighted by molar-refractivity contribution is 14.1. The number of benzene rings is 1. The van der Waals surface area contributed by atoms with Crippen LogP contribution in [0.5, 0.6) is 0 Å². The van der Waals surface area contributed by atoms with Crippen molar-refractivity contribution >= 4 is 40.1 Å². The summed E-state index contributed by atoms with van der Waals surface area (Å²) in [6.07, 6.45) is 2.54. The fourth-order valence-corrected chi connectivity index (χ4v) is 3.61. The minimum atomic E-state index is -0.359. The fourth-order valence-electron chi connectivity index (χ4n) is 2.89. The quantitative estimate of drug-likeness (QED) is 0.571. The third-order valence-corrected chi connectivity index (χ3v) is 4.61. The van der Waals surface area contributed by atoms with E-state index in [2.05, 4.69) is 0 Å². The Morgan fingerprint density at radius 1 is 1.17 bits per heavy atom. The summed E-state index contributed by atoms with van der Waals surface area (Å²) in [6.45, 7) is 0. The second-order valence-corrected chi connectivity index (χ2v) is 5.91. The smallest absolute Gasteiger partial charge is 0.237 e. The van der Waals surface area contributed by atoms with E-state index in [1.54, 1.807) is 0 Å². The van der Waals surface area contributed by atoms with Gasteiger partial charge in [-0.2, -0.15) is 0 Å². The van der Waals surface area contributed by atoms with Crippen LogP contribution in [0, 0.1) is 21.2 Å². The number of hydrogen-bond donors (Lipinski definition) is 0. The highest BCUT2D eigenvalue weighted by atomic mass is 127. The van der Waals surface area contributed by atoms with Crippen LogP contribution in [-0.2, 0) is 9.59 Å². The second kappa shape index (κ2) is 4.29. The largest absolute Gasteiger partial charge is 0.274 e. The molecule has 1 heterocycles. The molecular weight excluding hydrogens is 348 g/mol. The summed E-state index contributed by atoms with van der Waals surface area (Å²) in [5.74, 6) is -0.904. The predicted octanol–water partition coefficient (Wildman–Crippen LogP) is 2.72. The van der Waals surface area contributed by atoms with E-state index in [0.29, 0.717) is 9.26 Å². The molecule has 0 aromatic heterocycles. The number of halogens is 2. The van der Waals surface area contributed by atoms with Gasteiger partial charge in [0, 0.05) is 3.57 Å². The van der Waals surface area contributed by atoms with Crippen LogP contribution in [0.4, 0.5) is 10.1 Å². The van der Waals surface area contributed by atoms with Gasteiger partial charge in [-0.25, -0.2) is 9.29 Å². The molecule has 3 nitrogen and oxygen atoms in total. The number of carbonyl (C=O) groups excluding carboxylic acids is 2. The van der Waals surface area contributed by atoms with Gasteiger partial charge in [0.25, 0.3) is 0 Å². The molecule has 0 spiro atoms. The van der Waals surface area contributed by atoms with Crippen molar-refractivity contribution in [1.82, 2.24) is 0 Å². The predicted molar refractivity (Wildman–Crippen MR) is 72.4 cm³/mol. The average molecular weight is 359 g/mol. The second-order valence-electron chi connectivity index (χ2n) is 4.75. The number of anilines is 1. The number of carbonyl (C=O) groups is 2. The molecule has 2 aliphatic rings. The van der Waals surface area contributed by atoms with Crippen molar-refractivity contribution in [2.24, 2.45) is 11.8 Å². The molecule has 3 rings (SSSR count). The first-order valence-electron chi connectivity index (χ1n) is 5.92. The van der Waals surface area contributed by atoms with E-state index in [1.807, 2.05) is 22.6 Å². The summed E-state index contributed by atoms with van der Waals surface area (Å²) >= 11 is 1.95.